The minimum absolute atomic E-state index is 0. The first-order valence-corrected chi connectivity index (χ1v) is 8.99. The van der Waals surface area contributed by atoms with Gasteiger partial charge in [0.1, 0.15) is 0 Å². The van der Waals surface area contributed by atoms with Gasteiger partial charge in [0.15, 0.2) is 0 Å². The van der Waals surface area contributed by atoms with Gasteiger partial charge in [0.2, 0.25) is 5.91 Å². The van der Waals surface area contributed by atoms with Crippen LogP contribution in [0.15, 0.2) is 43.0 Å². The fourth-order valence-electron chi connectivity index (χ4n) is 3.24. The molecule has 1 atom stereocenters. The number of piperidine rings is 1. The van der Waals surface area contributed by atoms with Gasteiger partial charge < -0.3 is 20.5 Å². The van der Waals surface area contributed by atoms with Crippen LogP contribution in [0.3, 0.4) is 0 Å². The highest BCUT2D eigenvalue weighted by atomic mass is 35.5. The lowest BCUT2D eigenvalue weighted by Crippen LogP contribution is -2.46. The first-order chi connectivity index (χ1) is 12.7. The van der Waals surface area contributed by atoms with Crippen molar-refractivity contribution in [3.8, 4) is 0 Å². The summed E-state index contributed by atoms with van der Waals surface area (Å²) in [7, 11) is 0. The predicted octanol–water partition coefficient (Wildman–Crippen LogP) is 1.70. The number of carbonyl (C=O) groups is 2. The molecule has 3 N–H and O–H groups in total. The van der Waals surface area contributed by atoms with Crippen molar-refractivity contribution < 1.29 is 9.59 Å². The van der Waals surface area contributed by atoms with Gasteiger partial charge in [-0.3, -0.25) is 9.59 Å². The van der Waals surface area contributed by atoms with Gasteiger partial charge in [-0.25, -0.2) is 4.98 Å². The van der Waals surface area contributed by atoms with E-state index in [9.17, 15) is 9.59 Å². The molecule has 0 bridgehead atoms. The zero-order valence-electron chi connectivity index (χ0n) is 15.6. The largest absolute Gasteiger partial charge is 0.355 e. The third-order valence-corrected chi connectivity index (χ3v) is 4.65. The van der Waals surface area contributed by atoms with Gasteiger partial charge in [0.05, 0.1) is 12.2 Å². The summed E-state index contributed by atoms with van der Waals surface area (Å²) in [6.45, 7) is 2.78. The van der Waals surface area contributed by atoms with Gasteiger partial charge >= 0.3 is 0 Å². The molecule has 1 aliphatic rings. The Bertz CT molecular complexity index is 737. The molecule has 0 radical (unpaired) electrons. The number of halogens is 2. The zero-order chi connectivity index (χ0) is 18.4. The van der Waals surface area contributed by atoms with Crippen LogP contribution in [0, 0.1) is 5.92 Å². The highest BCUT2D eigenvalue weighted by Gasteiger charge is 2.28. The average Bonchev–Trinajstić information content (AvgIpc) is 3.19. The van der Waals surface area contributed by atoms with Crippen LogP contribution in [0.5, 0.6) is 0 Å². The van der Waals surface area contributed by atoms with Crippen molar-refractivity contribution in [3.63, 3.8) is 0 Å². The normalized spacial score (nSPS) is 15.9. The number of benzene rings is 1. The van der Waals surface area contributed by atoms with Gasteiger partial charge in [0, 0.05) is 50.7 Å². The number of nitrogens with two attached hydrogens (primary N) is 1. The summed E-state index contributed by atoms with van der Waals surface area (Å²) in [6, 6.07) is 7.63. The highest BCUT2D eigenvalue weighted by molar-refractivity contribution is 5.94. The molecule has 3 rings (SSSR count). The fourth-order valence-corrected chi connectivity index (χ4v) is 3.24. The summed E-state index contributed by atoms with van der Waals surface area (Å²) in [4.78, 5) is 30.7. The first-order valence-electron chi connectivity index (χ1n) is 8.99. The summed E-state index contributed by atoms with van der Waals surface area (Å²) in [5.41, 5.74) is 7.19. The van der Waals surface area contributed by atoms with Crippen LogP contribution in [-0.2, 0) is 11.3 Å². The summed E-state index contributed by atoms with van der Waals surface area (Å²) in [5.74, 6) is -0.182. The summed E-state index contributed by atoms with van der Waals surface area (Å²) >= 11 is 0. The molecule has 0 saturated carbocycles. The zero-order valence-corrected chi connectivity index (χ0v) is 17.3. The quantitative estimate of drug-likeness (QED) is 0.733. The molecule has 0 spiro atoms. The average molecular weight is 428 g/mol. The van der Waals surface area contributed by atoms with Gasteiger partial charge in [0.25, 0.3) is 5.91 Å². The minimum Gasteiger partial charge on any atom is -0.355 e. The van der Waals surface area contributed by atoms with E-state index < -0.39 is 0 Å². The minimum atomic E-state index is -0.153. The maximum absolute atomic E-state index is 12.8. The Kier molecular flexibility index (Phi) is 9.99. The number of nitrogens with zero attached hydrogens (tertiary/aromatic N) is 3. The van der Waals surface area contributed by atoms with Crippen LogP contribution >= 0.6 is 24.8 Å². The predicted molar refractivity (Wildman–Crippen MR) is 113 cm³/mol. The highest BCUT2D eigenvalue weighted by Crippen LogP contribution is 2.19. The lowest BCUT2D eigenvalue weighted by Gasteiger charge is -2.32. The Morgan fingerprint density at radius 2 is 1.96 bits per heavy atom. The first kappa shape index (κ1) is 23.9. The number of hydrogen-bond donors (Lipinski definition) is 2. The van der Waals surface area contributed by atoms with E-state index in [1.54, 1.807) is 17.4 Å². The van der Waals surface area contributed by atoms with Crippen molar-refractivity contribution in [1.29, 1.82) is 0 Å². The number of hydrogen-bond acceptors (Lipinski definition) is 4. The van der Waals surface area contributed by atoms with E-state index in [2.05, 4.69) is 10.3 Å². The molecule has 7 nitrogen and oxygen atoms in total. The molecule has 1 fully saturated rings. The van der Waals surface area contributed by atoms with Crippen LogP contribution in [0.4, 0.5) is 0 Å². The third kappa shape index (κ3) is 6.22. The molecule has 28 heavy (non-hydrogen) atoms. The van der Waals surface area contributed by atoms with Crippen LogP contribution in [-0.4, -0.2) is 52.4 Å². The van der Waals surface area contributed by atoms with Crippen molar-refractivity contribution in [1.82, 2.24) is 19.8 Å². The molecule has 2 heterocycles. The number of rotatable bonds is 6. The van der Waals surface area contributed by atoms with Crippen molar-refractivity contribution in [2.45, 2.75) is 19.4 Å². The van der Waals surface area contributed by atoms with E-state index in [1.807, 2.05) is 35.0 Å². The van der Waals surface area contributed by atoms with E-state index in [0.29, 0.717) is 31.7 Å². The van der Waals surface area contributed by atoms with E-state index in [0.717, 1.165) is 24.9 Å². The number of likely N-dealkylation sites (tertiary alicyclic amines) is 1. The Morgan fingerprint density at radius 1 is 1.21 bits per heavy atom. The summed E-state index contributed by atoms with van der Waals surface area (Å²) in [5, 5.41) is 2.82. The summed E-state index contributed by atoms with van der Waals surface area (Å²) < 4.78 is 1.98. The van der Waals surface area contributed by atoms with Crippen LogP contribution < -0.4 is 11.1 Å². The van der Waals surface area contributed by atoms with Crippen molar-refractivity contribution in [3.05, 3.63) is 54.1 Å². The smallest absolute Gasteiger partial charge is 0.253 e. The maximum atomic E-state index is 12.8. The van der Waals surface area contributed by atoms with Gasteiger partial charge in [-0.1, -0.05) is 12.1 Å². The molecular weight excluding hydrogens is 401 g/mol. The molecule has 2 amide bonds. The third-order valence-electron chi connectivity index (χ3n) is 4.65. The van der Waals surface area contributed by atoms with E-state index in [4.69, 9.17) is 5.73 Å². The van der Waals surface area contributed by atoms with E-state index >= 15 is 0 Å². The van der Waals surface area contributed by atoms with Crippen molar-refractivity contribution >= 4 is 36.6 Å². The van der Waals surface area contributed by atoms with Crippen molar-refractivity contribution in [2.75, 3.05) is 26.2 Å². The van der Waals surface area contributed by atoms with E-state index in [1.165, 1.54) is 0 Å². The Hall–Kier alpha value is -2.09. The van der Waals surface area contributed by atoms with Crippen molar-refractivity contribution in [2.24, 2.45) is 11.7 Å². The van der Waals surface area contributed by atoms with Crippen LogP contribution in [0.25, 0.3) is 0 Å². The Labute approximate surface area is 177 Å². The Morgan fingerprint density at radius 3 is 2.61 bits per heavy atom. The van der Waals surface area contributed by atoms with Gasteiger partial charge in [-0.2, -0.15) is 0 Å². The number of imidazole rings is 1. The monoisotopic (exact) mass is 427 g/mol. The topological polar surface area (TPSA) is 93.3 Å². The number of nitrogens with one attached hydrogen (secondary N) is 1. The van der Waals surface area contributed by atoms with Gasteiger partial charge in [-0.05, 0) is 30.5 Å². The van der Waals surface area contributed by atoms with Gasteiger partial charge in [-0.15, -0.1) is 24.8 Å². The van der Waals surface area contributed by atoms with Crippen LogP contribution in [0.2, 0.25) is 0 Å². The summed E-state index contributed by atoms with van der Waals surface area (Å²) in [6.07, 6.45) is 7.06. The van der Waals surface area contributed by atoms with Crippen LogP contribution in [0.1, 0.15) is 28.8 Å². The molecule has 1 aromatic carbocycles. The number of carbonyl (C=O) groups excluding carboxylic acids is 2. The Balaban J connectivity index is 0.00000196. The SMILES string of the molecule is Cl.Cl.NCCNC(=O)C1CCCN(C(=O)c2ccc(Cn3ccnc3)cc2)C1. The molecule has 1 saturated heterocycles. The number of aromatic nitrogens is 2. The molecule has 2 aromatic rings. The molecular formula is C19H27Cl2N5O2. The molecule has 1 aromatic heterocycles. The fraction of sp³-hybridized carbons (Fsp3) is 0.421. The second-order valence-electron chi connectivity index (χ2n) is 6.60. The maximum Gasteiger partial charge on any atom is 0.253 e. The second kappa shape index (κ2) is 11.7. The molecule has 1 aliphatic heterocycles. The molecule has 1 unspecified atom stereocenters. The molecule has 0 aliphatic carbocycles. The molecule has 154 valence electrons. The lowest BCUT2D eigenvalue weighted by molar-refractivity contribution is -0.126. The molecule has 9 heteroatoms. The van der Waals surface area contributed by atoms with E-state index in [-0.39, 0.29) is 42.5 Å². The number of amides is 2. The standard InChI is InChI=1S/C19H25N5O2.2ClH/c20-7-8-22-18(25)17-2-1-10-24(13-17)19(26)16-5-3-15(4-6-16)12-23-11-9-21-14-23;;/h3-6,9,11,14,17H,1-2,7-8,10,12-13,20H2,(H,22,25);2*1H. The second-order valence-corrected chi connectivity index (χ2v) is 6.60. The lowest BCUT2D eigenvalue weighted by atomic mass is 9.96.